The normalized spacial score (nSPS) is 11.1. The van der Waals surface area contributed by atoms with E-state index in [0.29, 0.717) is 5.15 Å². The highest BCUT2D eigenvalue weighted by Gasteiger charge is 2.16. The van der Waals surface area contributed by atoms with E-state index in [1.807, 2.05) is 37.7 Å². The zero-order valence-corrected chi connectivity index (χ0v) is 11.0. The van der Waals surface area contributed by atoms with Crippen molar-refractivity contribution in [2.75, 3.05) is 13.6 Å². The molecule has 0 aliphatic rings. The van der Waals surface area contributed by atoms with E-state index in [-0.39, 0.29) is 0 Å². The minimum absolute atomic E-state index is 0.493. The van der Waals surface area contributed by atoms with Gasteiger partial charge in [0.25, 0.3) is 0 Å². The van der Waals surface area contributed by atoms with Gasteiger partial charge in [-0.15, -0.1) is 0 Å². The Kier molecular flexibility index (Phi) is 3.54. The van der Waals surface area contributed by atoms with Gasteiger partial charge in [0.05, 0.1) is 0 Å². The molecule has 0 bridgehead atoms. The summed E-state index contributed by atoms with van der Waals surface area (Å²) in [7, 11) is 3.87. The van der Waals surface area contributed by atoms with Crippen molar-refractivity contribution in [2.24, 2.45) is 7.05 Å². The molecule has 0 amide bonds. The van der Waals surface area contributed by atoms with Gasteiger partial charge in [-0.2, -0.15) is 0 Å². The van der Waals surface area contributed by atoms with Crippen molar-refractivity contribution < 1.29 is 4.42 Å². The van der Waals surface area contributed by atoms with E-state index in [1.165, 1.54) is 0 Å². The Labute approximate surface area is 106 Å². The van der Waals surface area contributed by atoms with Crippen LogP contribution in [0.4, 0.5) is 0 Å². The number of hydrogen-bond acceptors (Lipinski definition) is 3. The van der Waals surface area contributed by atoms with Crippen LogP contribution in [0.3, 0.4) is 0 Å². The highest BCUT2D eigenvalue weighted by Crippen LogP contribution is 2.29. The molecule has 2 aromatic heterocycles. The van der Waals surface area contributed by atoms with Crippen LogP contribution in [0, 0.1) is 6.92 Å². The third-order valence-electron chi connectivity index (χ3n) is 2.72. The summed E-state index contributed by atoms with van der Waals surface area (Å²) in [5.74, 6) is 2.58. The number of nitrogens with one attached hydrogen (secondary N) is 1. The first-order chi connectivity index (χ1) is 8.13. The van der Waals surface area contributed by atoms with Gasteiger partial charge in [0.15, 0.2) is 10.9 Å². The fourth-order valence-electron chi connectivity index (χ4n) is 1.80. The fourth-order valence-corrected chi connectivity index (χ4v) is 2.12. The van der Waals surface area contributed by atoms with Crippen LogP contribution in [0.1, 0.15) is 11.6 Å². The molecule has 0 spiro atoms. The summed E-state index contributed by atoms with van der Waals surface area (Å²) in [5, 5.41) is 3.59. The fraction of sp³-hybridized carbons (Fsp3) is 0.417. The first-order valence-corrected chi connectivity index (χ1v) is 5.93. The molecule has 0 atom stereocenters. The molecule has 92 valence electrons. The number of imidazole rings is 1. The zero-order valence-electron chi connectivity index (χ0n) is 10.2. The molecule has 0 aliphatic heterocycles. The van der Waals surface area contributed by atoms with Crippen LogP contribution < -0.4 is 5.32 Å². The van der Waals surface area contributed by atoms with Gasteiger partial charge in [-0.1, -0.05) is 11.6 Å². The lowest BCUT2D eigenvalue weighted by molar-refractivity contribution is 0.543. The minimum Gasteiger partial charge on any atom is -0.460 e. The number of halogens is 1. The van der Waals surface area contributed by atoms with Crippen molar-refractivity contribution >= 4 is 11.6 Å². The lowest BCUT2D eigenvalue weighted by Crippen LogP contribution is -2.13. The predicted molar refractivity (Wildman–Crippen MR) is 68.3 cm³/mol. The molecule has 2 heterocycles. The molecule has 1 N–H and O–H groups in total. The Morgan fingerprint density at radius 2 is 2.24 bits per heavy atom. The van der Waals surface area contributed by atoms with Crippen LogP contribution in [0.25, 0.3) is 11.5 Å². The summed E-state index contributed by atoms with van der Waals surface area (Å²) < 4.78 is 7.57. The molecule has 0 fully saturated rings. The molecular formula is C12H16ClN3O. The second-order valence-corrected chi connectivity index (χ2v) is 4.35. The van der Waals surface area contributed by atoms with Crippen molar-refractivity contribution in [3.8, 4) is 11.5 Å². The van der Waals surface area contributed by atoms with Crippen LogP contribution in [-0.4, -0.2) is 23.1 Å². The number of nitrogens with zero attached hydrogens (tertiary/aromatic N) is 2. The maximum absolute atomic E-state index is 6.16. The van der Waals surface area contributed by atoms with Crippen LogP contribution in [-0.2, 0) is 13.5 Å². The standard InChI is InChI=1S/C12H16ClN3O/c1-8-4-5-9(17-8)11-12(13)15-10(16(11)3)6-7-14-2/h4-5,14H,6-7H2,1-3H3. The van der Waals surface area contributed by atoms with Crippen molar-refractivity contribution in [3.63, 3.8) is 0 Å². The Morgan fingerprint density at radius 1 is 1.47 bits per heavy atom. The van der Waals surface area contributed by atoms with E-state index in [0.717, 1.165) is 36.0 Å². The van der Waals surface area contributed by atoms with Gasteiger partial charge in [0, 0.05) is 20.0 Å². The highest BCUT2D eigenvalue weighted by atomic mass is 35.5. The lowest BCUT2D eigenvalue weighted by atomic mass is 10.3. The summed E-state index contributed by atoms with van der Waals surface area (Å²) in [5.41, 5.74) is 0.839. The molecule has 4 nitrogen and oxygen atoms in total. The van der Waals surface area contributed by atoms with E-state index in [9.17, 15) is 0 Å². The Hall–Kier alpha value is -1.26. The molecule has 2 aromatic rings. The van der Waals surface area contributed by atoms with Gasteiger partial charge in [0.2, 0.25) is 0 Å². The number of likely N-dealkylation sites (N-methyl/N-ethyl adjacent to an activating group) is 1. The molecular weight excluding hydrogens is 238 g/mol. The van der Waals surface area contributed by atoms with Crippen LogP contribution >= 0.6 is 11.6 Å². The maximum Gasteiger partial charge on any atom is 0.158 e. The van der Waals surface area contributed by atoms with Gasteiger partial charge >= 0.3 is 0 Å². The number of hydrogen-bond donors (Lipinski definition) is 1. The molecule has 0 saturated carbocycles. The molecule has 17 heavy (non-hydrogen) atoms. The summed E-state index contributed by atoms with van der Waals surface area (Å²) in [6, 6.07) is 3.84. The van der Waals surface area contributed by atoms with Crippen molar-refractivity contribution in [1.82, 2.24) is 14.9 Å². The van der Waals surface area contributed by atoms with Gasteiger partial charge < -0.3 is 14.3 Å². The summed E-state index contributed by atoms with van der Waals surface area (Å²) >= 11 is 6.16. The first kappa shape index (κ1) is 12.2. The molecule has 2 rings (SSSR count). The topological polar surface area (TPSA) is 43.0 Å². The van der Waals surface area contributed by atoms with Gasteiger partial charge in [0.1, 0.15) is 17.3 Å². The molecule has 5 heteroatoms. The average Bonchev–Trinajstić information content (AvgIpc) is 2.81. The summed E-state index contributed by atoms with van der Waals surface area (Å²) in [6.45, 7) is 2.79. The Bertz CT molecular complexity index is 516. The third kappa shape index (κ3) is 2.37. The molecule has 0 aromatic carbocycles. The van der Waals surface area contributed by atoms with Gasteiger partial charge in [-0.05, 0) is 26.1 Å². The molecule has 0 aliphatic carbocycles. The number of aromatic nitrogens is 2. The van der Waals surface area contributed by atoms with E-state index in [1.54, 1.807) is 0 Å². The monoisotopic (exact) mass is 253 g/mol. The largest absolute Gasteiger partial charge is 0.460 e. The quantitative estimate of drug-likeness (QED) is 0.910. The van der Waals surface area contributed by atoms with Crippen LogP contribution in [0.2, 0.25) is 5.15 Å². The average molecular weight is 254 g/mol. The van der Waals surface area contributed by atoms with E-state index < -0.39 is 0 Å². The summed E-state index contributed by atoms with van der Waals surface area (Å²) in [6.07, 6.45) is 0.840. The Balaban J connectivity index is 2.37. The zero-order chi connectivity index (χ0) is 12.4. The van der Waals surface area contributed by atoms with Crippen molar-refractivity contribution in [3.05, 3.63) is 28.9 Å². The van der Waals surface area contributed by atoms with Crippen molar-refractivity contribution in [2.45, 2.75) is 13.3 Å². The molecule has 0 radical (unpaired) electrons. The third-order valence-corrected chi connectivity index (χ3v) is 2.98. The minimum atomic E-state index is 0.493. The first-order valence-electron chi connectivity index (χ1n) is 5.56. The SMILES string of the molecule is CNCCc1nc(Cl)c(-c2ccc(C)o2)n1C. The predicted octanol–water partition coefficient (Wildman–Crippen LogP) is 2.40. The van der Waals surface area contributed by atoms with Gasteiger partial charge in [-0.25, -0.2) is 4.98 Å². The van der Waals surface area contributed by atoms with E-state index in [4.69, 9.17) is 16.0 Å². The van der Waals surface area contributed by atoms with Crippen molar-refractivity contribution in [1.29, 1.82) is 0 Å². The highest BCUT2D eigenvalue weighted by molar-refractivity contribution is 6.31. The van der Waals surface area contributed by atoms with Crippen LogP contribution in [0.15, 0.2) is 16.5 Å². The number of aryl methyl sites for hydroxylation is 1. The van der Waals surface area contributed by atoms with Crippen LogP contribution in [0.5, 0.6) is 0 Å². The maximum atomic E-state index is 6.16. The second kappa shape index (κ2) is 4.94. The van der Waals surface area contributed by atoms with E-state index in [2.05, 4.69) is 10.3 Å². The second-order valence-electron chi connectivity index (χ2n) is 3.99. The lowest BCUT2D eigenvalue weighted by Gasteiger charge is -2.03. The molecule has 0 saturated heterocycles. The summed E-state index contributed by atoms with van der Waals surface area (Å²) in [4.78, 5) is 4.36. The van der Waals surface area contributed by atoms with Gasteiger partial charge in [-0.3, -0.25) is 0 Å². The number of furan rings is 1. The molecule has 0 unspecified atom stereocenters. The smallest absolute Gasteiger partial charge is 0.158 e. The number of rotatable bonds is 4. The Morgan fingerprint density at radius 3 is 2.82 bits per heavy atom. The van der Waals surface area contributed by atoms with E-state index >= 15 is 0 Å².